The Kier molecular flexibility index (Phi) is 12.3. The van der Waals surface area contributed by atoms with Gasteiger partial charge in [-0.1, -0.05) is 40.0 Å². The molecule has 0 aliphatic carbocycles. The Hall–Kier alpha value is 0.740. The topological polar surface area (TPSA) is 27.7 Å². The van der Waals surface area contributed by atoms with Crippen molar-refractivity contribution in [1.82, 2.24) is 0 Å². The van der Waals surface area contributed by atoms with E-state index in [2.05, 4.69) is 30.2 Å². The van der Waals surface area contributed by atoms with Gasteiger partial charge in [0, 0.05) is 0 Å². The van der Waals surface area contributed by atoms with Crippen LogP contribution in [0.5, 0.6) is 0 Å². The fourth-order valence-electron chi connectivity index (χ4n) is 1.33. The SMILES string of the molecule is CCCCO[P+](CCCC)(OP)OCCCC. The van der Waals surface area contributed by atoms with Crippen LogP contribution in [0.1, 0.15) is 59.3 Å². The lowest BCUT2D eigenvalue weighted by Gasteiger charge is -2.20. The van der Waals surface area contributed by atoms with E-state index in [1.54, 1.807) is 0 Å². The van der Waals surface area contributed by atoms with Crippen molar-refractivity contribution in [2.45, 2.75) is 59.3 Å². The van der Waals surface area contributed by atoms with E-state index in [1.807, 2.05) is 0 Å². The first-order chi connectivity index (χ1) is 8.24. The number of hydrogen-bond donors (Lipinski definition) is 0. The van der Waals surface area contributed by atoms with Gasteiger partial charge >= 0.3 is 7.94 Å². The van der Waals surface area contributed by atoms with Crippen molar-refractivity contribution >= 4 is 17.4 Å². The van der Waals surface area contributed by atoms with Crippen LogP contribution in [0.25, 0.3) is 0 Å². The van der Waals surface area contributed by atoms with Crippen molar-refractivity contribution in [3.63, 3.8) is 0 Å². The van der Waals surface area contributed by atoms with Crippen molar-refractivity contribution in [1.29, 1.82) is 0 Å². The lowest BCUT2D eigenvalue weighted by atomic mass is 10.4. The maximum Gasteiger partial charge on any atom is 0.413 e. The standard InChI is InChI=1S/C12H29O3P2/c1-4-7-10-13-17(15-16,12-9-6-3)14-11-8-5-2/h4-12,16H2,1-3H3/q+1. The maximum absolute atomic E-state index is 5.91. The second-order valence-electron chi connectivity index (χ2n) is 4.17. The lowest BCUT2D eigenvalue weighted by molar-refractivity contribution is 0.183. The van der Waals surface area contributed by atoms with Gasteiger partial charge in [0.25, 0.3) is 0 Å². The molecule has 0 rings (SSSR count). The molecule has 0 saturated carbocycles. The molecule has 1 atom stereocenters. The third-order valence-corrected chi connectivity index (χ3v) is 5.82. The van der Waals surface area contributed by atoms with Crippen LogP contribution in [0.4, 0.5) is 0 Å². The van der Waals surface area contributed by atoms with Crippen molar-refractivity contribution in [2.24, 2.45) is 0 Å². The predicted molar refractivity (Wildman–Crippen MR) is 79.2 cm³/mol. The zero-order valence-electron chi connectivity index (χ0n) is 11.6. The summed E-state index contributed by atoms with van der Waals surface area (Å²) in [6.07, 6.45) is 7.56. The molecule has 0 aromatic rings. The minimum absolute atomic E-state index is 0.745. The van der Waals surface area contributed by atoms with Crippen LogP contribution in [0.2, 0.25) is 0 Å². The molecule has 17 heavy (non-hydrogen) atoms. The molecule has 0 aromatic heterocycles. The van der Waals surface area contributed by atoms with E-state index in [0.29, 0.717) is 0 Å². The van der Waals surface area contributed by atoms with Crippen LogP contribution in [-0.2, 0) is 13.4 Å². The highest BCUT2D eigenvalue weighted by Gasteiger charge is 2.43. The van der Waals surface area contributed by atoms with Crippen LogP contribution in [0.15, 0.2) is 0 Å². The molecule has 0 N–H and O–H groups in total. The van der Waals surface area contributed by atoms with Gasteiger partial charge in [-0.25, -0.2) is 0 Å². The van der Waals surface area contributed by atoms with Gasteiger partial charge in [-0.2, -0.15) is 13.4 Å². The second kappa shape index (κ2) is 11.8. The molecule has 0 bridgehead atoms. The van der Waals surface area contributed by atoms with Gasteiger partial charge in [-0.05, 0) is 19.3 Å². The largest absolute Gasteiger partial charge is 0.413 e. The maximum atomic E-state index is 5.91. The fourth-order valence-corrected chi connectivity index (χ4v) is 4.09. The van der Waals surface area contributed by atoms with Gasteiger partial charge in [0.2, 0.25) is 0 Å². The highest BCUT2D eigenvalue weighted by atomic mass is 31.2. The average Bonchev–Trinajstić information content (AvgIpc) is 2.36. The molecule has 104 valence electrons. The van der Waals surface area contributed by atoms with E-state index in [4.69, 9.17) is 13.4 Å². The van der Waals surface area contributed by atoms with E-state index in [1.165, 1.54) is 0 Å². The summed E-state index contributed by atoms with van der Waals surface area (Å²) in [5.74, 6) is 0. The molecule has 3 nitrogen and oxygen atoms in total. The van der Waals surface area contributed by atoms with Crippen LogP contribution in [0.3, 0.4) is 0 Å². The smallest absolute Gasteiger partial charge is 0.178 e. The molecular weight excluding hydrogens is 254 g/mol. The zero-order chi connectivity index (χ0) is 13.0. The summed E-state index contributed by atoms with van der Waals surface area (Å²) < 4.78 is 17.3. The number of hydrogen-bond acceptors (Lipinski definition) is 3. The molecule has 0 amide bonds. The third kappa shape index (κ3) is 8.46. The second-order valence-corrected chi connectivity index (χ2v) is 7.20. The van der Waals surface area contributed by atoms with Crippen LogP contribution in [0, 0.1) is 0 Å². The Bertz CT molecular complexity index is 158. The number of rotatable bonds is 12. The third-order valence-electron chi connectivity index (χ3n) is 2.52. The van der Waals surface area contributed by atoms with Crippen LogP contribution < -0.4 is 0 Å². The van der Waals surface area contributed by atoms with Crippen molar-refractivity contribution < 1.29 is 13.4 Å². The van der Waals surface area contributed by atoms with Gasteiger partial charge in [0.15, 0.2) is 0 Å². The Morgan fingerprint density at radius 1 is 0.824 bits per heavy atom. The summed E-state index contributed by atoms with van der Waals surface area (Å²) in [7, 11) is 0.248. The van der Waals surface area contributed by atoms with Crippen molar-refractivity contribution in [3.8, 4) is 0 Å². The molecule has 0 aliphatic rings. The minimum Gasteiger partial charge on any atom is -0.178 e. The molecule has 0 radical (unpaired) electrons. The highest BCUT2D eigenvalue weighted by molar-refractivity contribution is 7.64. The summed E-state index contributed by atoms with van der Waals surface area (Å²) in [6, 6.07) is 0. The van der Waals surface area contributed by atoms with Crippen molar-refractivity contribution in [3.05, 3.63) is 0 Å². The summed E-state index contributed by atoms with van der Waals surface area (Å²) in [5, 5.41) is 0. The fraction of sp³-hybridized carbons (Fsp3) is 1.00. The summed E-state index contributed by atoms with van der Waals surface area (Å²) >= 11 is 0. The van der Waals surface area contributed by atoms with Gasteiger partial charge in [-0.15, -0.1) is 0 Å². The highest BCUT2D eigenvalue weighted by Crippen LogP contribution is 2.64. The molecule has 0 aliphatic heterocycles. The van der Waals surface area contributed by atoms with E-state index in [0.717, 1.165) is 57.9 Å². The van der Waals surface area contributed by atoms with Gasteiger partial charge in [0.05, 0.1) is 22.7 Å². The average molecular weight is 283 g/mol. The van der Waals surface area contributed by atoms with Gasteiger partial charge in [-0.3, -0.25) is 0 Å². The van der Waals surface area contributed by atoms with Gasteiger partial charge in [0.1, 0.15) is 6.16 Å². The quantitative estimate of drug-likeness (QED) is 0.373. The Morgan fingerprint density at radius 3 is 1.65 bits per heavy atom. The van der Waals surface area contributed by atoms with Crippen LogP contribution in [-0.4, -0.2) is 19.4 Å². The van der Waals surface area contributed by atoms with E-state index in [-0.39, 0.29) is 0 Å². The molecule has 0 fully saturated rings. The van der Waals surface area contributed by atoms with E-state index < -0.39 is 7.94 Å². The molecule has 5 heteroatoms. The zero-order valence-corrected chi connectivity index (χ0v) is 13.7. The summed E-state index contributed by atoms with van der Waals surface area (Å²) in [5.41, 5.74) is 0. The summed E-state index contributed by atoms with van der Waals surface area (Å²) in [4.78, 5) is 0. The predicted octanol–water partition coefficient (Wildman–Crippen LogP) is 4.99. The summed E-state index contributed by atoms with van der Waals surface area (Å²) in [6.45, 7) is 7.99. The minimum atomic E-state index is -2.09. The van der Waals surface area contributed by atoms with E-state index >= 15 is 0 Å². The van der Waals surface area contributed by atoms with E-state index in [9.17, 15) is 0 Å². The first-order valence-corrected chi connectivity index (χ1v) is 9.00. The lowest BCUT2D eigenvalue weighted by Crippen LogP contribution is -2.09. The van der Waals surface area contributed by atoms with Crippen molar-refractivity contribution in [2.75, 3.05) is 19.4 Å². The Labute approximate surface area is 110 Å². The molecule has 0 aromatic carbocycles. The first kappa shape index (κ1) is 17.7. The monoisotopic (exact) mass is 283 g/mol. The van der Waals surface area contributed by atoms with Gasteiger partial charge < -0.3 is 0 Å². The molecule has 0 heterocycles. The first-order valence-electron chi connectivity index (χ1n) is 6.80. The van der Waals surface area contributed by atoms with Crippen LogP contribution >= 0.6 is 17.4 Å². The molecule has 1 unspecified atom stereocenters. The molecule has 0 saturated heterocycles. The molecule has 0 spiro atoms. The molecular formula is C12H29O3P2+. The Morgan fingerprint density at radius 2 is 1.29 bits per heavy atom. The Balaban J connectivity index is 4.17. The number of unbranched alkanes of at least 4 members (excludes halogenated alkanes) is 3. The normalized spacial score (nSPS) is 12.0.